The van der Waals surface area contributed by atoms with Gasteiger partial charge in [-0.15, -0.1) is 0 Å². The number of nitrogens with zero attached hydrogens (tertiary/aromatic N) is 1. The summed E-state index contributed by atoms with van der Waals surface area (Å²) in [5.74, 6) is 0.614. The monoisotopic (exact) mass is 219 g/mol. The van der Waals surface area contributed by atoms with E-state index in [2.05, 4.69) is 0 Å². The molecule has 0 aliphatic heterocycles. The third-order valence-electron chi connectivity index (χ3n) is 2.83. The number of nitriles is 1. The molecule has 0 heterocycles. The molecule has 0 spiro atoms. The van der Waals surface area contributed by atoms with Crippen molar-refractivity contribution in [3.05, 3.63) is 34.3 Å². The van der Waals surface area contributed by atoms with E-state index in [0.717, 1.165) is 12.0 Å². The van der Waals surface area contributed by atoms with Gasteiger partial charge >= 0.3 is 0 Å². The van der Waals surface area contributed by atoms with Crippen LogP contribution in [0.3, 0.4) is 0 Å². The normalized spacial score (nSPS) is 20.3. The second-order valence-corrected chi connectivity index (χ2v) is 4.24. The van der Waals surface area contributed by atoms with Crippen molar-refractivity contribution in [3.63, 3.8) is 0 Å². The van der Waals surface area contributed by atoms with Gasteiger partial charge in [-0.05, 0) is 30.0 Å². The van der Waals surface area contributed by atoms with Crippen LogP contribution in [0.25, 0.3) is 0 Å². The highest BCUT2D eigenvalue weighted by molar-refractivity contribution is 6.31. The summed E-state index contributed by atoms with van der Waals surface area (Å²) < 4.78 is 0. The lowest BCUT2D eigenvalue weighted by molar-refractivity contribution is -0.117. The summed E-state index contributed by atoms with van der Waals surface area (Å²) in [5, 5.41) is 9.21. The van der Waals surface area contributed by atoms with E-state index in [-0.39, 0.29) is 0 Å². The smallest absolute Gasteiger partial charge is 0.133 e. The maximum absolute atomic E-state index is 11.1. The third kappa shape index (κ3) is 2.03. The molecule has 1 aromatic carbocycles. The number of hydrogen-bond donors (Lipinski definition) is 0. The van der Waals surface area contributed by atoms with Crippen LogP contribution in [0.1, 0.15) is 36.3 Å². The lowest BCUT2D eigenvalue weighted by atomic mass is 9.97. The quantitative estimate of drug-likeness (QED) is 0.729. The fourth-order valence-electron chi connectivity index (χ4n) is 1.97. The molecule has 0 amide bonds. The third-order valence-corrected chi connectivity index (χ3v) is 3.14. The molecule has 1 aliphatic rings. The summed E-state index contributed by atoms with van der Waals surface area (Å²) in [6.07, 6.45) is 2.19. The zero-order valence-corrected chi connectivity index (χ0v) is 8.92. The molecule has 0 aromatic heterocycles. The zero-order valence-electron chi connectivity index (χ0n) is 8.16. The first-order chi connectivity index (χ1) is 7.20. The van der Waals surface area contributed by atoms with Crippen molar-refractivity contribution < 1.29 is 4.79 Å². The van der Waals surface area contributed by atoms with Gasteiger partial charge in [0.1, 0.15) is 11.9 Å². The van der Waals surface area contributed by atoms with Crippen molar-refractivity contribution in [2.45, 2.75) is 25.2 Å². The topological polar surface area (TPSA) is 40.9 Å². The van der Waals surface area contributed by atoms with E-state index in [4.69, 9.17) is 16.9 Å². The summed E-state index contributed by atoms with van der Waals surface area (Å²) >= 11 is 5.94. The number of ketones is 1. The van der Waals surface area contributed by atoms with Gasteiger partial charge in [-0.1, -0.05) is 17.7 Å². The fourth-order valence-corrected chi connectivity index (χ4v) is 2.21. The number of carbonyl (C=O) groups excluding carboxylic acids is 1. The van der Waals surface area contributed by atoms with Crippen molar-refractivity contribution in [2.75, 3.05) is 0 Å². The van der Waals surface area contributed by atoms with Gasteiger partial charge in [0.05, 0.1) is 10.6 Å². The molecule has 3 heteroatoms. The fraction of sp³-hybridized carbons (Fsp3) is 0.333. The van der Waals surface area contributed by atoms with E-state index in [1.807, 2.05) is 18.2 Å². The van der Waals surface area contributed by atoms with Crippen molar-refractivity contribution in [3.8, 4) is 6.07 Å². The summed E-state index contributed by atoms with van der Waals surface area (Å²) in [4.78, 5) is 11.1. The number of carbonyl (C=O) groups is 1. The molecule has 2 rings (SSSR count). The number of benzene rings is 1. The lowest BCUT2D eigenvalue weighted by Gasteiger charge is -2.08. The molecule has 1 aliphatic carbocycles. The number of halogens is 1. The molecule has 0 N–H and O–H groups in total. The number of rotatable bonds is 1. The van der Waals surface area contributed by atoms with Gasteiger partial charge in [-0.2, -0.15) is 5.26 Å². The van der Waals surface area contributed by atoms with E-state index in [0.29, 0.717) is 35.1 Å². The van der Waals surface area contributed by atoms with Gasteiger partial charge < -0.3 is 0 Å². The average molecular weight is 220 g/mol. The molecule has 15 heavy (non-hydrogen) atoms. The maximum Gasteiger partial charge on any atom is 0.133 e. The van der Waals surface area contributed by atoms with Crippen molar-refractivity contribution in [1.82, 2.24) is 0 Å². The maximum atomic E-state index is 11.1. The highest BCUT2D eigenvalue weighted by Gasteiger charge is 2.23. The van der Waals surface area contributed by atoms with E-state index in [9.17, 15) is 4.79 Å². The largest absolute Gasteiger partial charge is 0.300 e. The Bertz CT molecular complexity index is 447. The zero-order chi connectivity index (χ0) is 10.8. The Morgan fingerprint density at radius 3 is 2.80 bits per heavy atom. The Morgan fingerprint density at radius 2 is 2.27 bits per heavy atom. The number of Topliss-reactive ketones (excluding diaryl/α,β-unsaturated/α-hetero) is 1. The molecule has 1 fully saturated rings. The molecule has 1 aromatic rings. The second kappa shape index (κ2) is 4.04. The minimum absolute atomic E-state index is 0.294. The van der Waals surface area contributed by atoms with Gasteiger partial charge in [-0.3, -0.25) is 4.79 Å². The van der Waals surface area contributed by atoms with Gasteiger partial charge in [-0.25, -0.2) is 0 Å². The molecule has 1 atom stereocenters. The Balaban J connectivity index is 2.27. The van der Waals surface area contributed by atoms with Gasteiger partial charge in [0.15, 0.2) is 0 Å². The predicted molar refractivity (Wildman–Crippen MR) is 57.8 cm³/mol. The highest BCUT2D eigenvalue weighted by atomic mass is 35.5. The molecule has 1 saturated carbocycles. The van der Waals surface area contributed by atoms with Gasteiger partial charge in [0.25, 0.3) is 0 Å². The molecule has 0 saturated heterocycles. The van der Waals surface area contributed by atoms with Crippen LogP contribution in [0.2, 0.25) is 5.02 Å². The van der Waals surface area contributed by atoms with E-state index >= 15 is 0 Å². The lowest BCUT2D eigenvalue weighted by Crippen LogP contribution is -1.94. The first-order valence-electron chi connectivity index (χ1n) is 4.92. The van der Waals surface area contributed by atoms with Crippen LogP contribution in [0.4, 0.5) is 0 Å². The SMILES string of the molecule is N#Cc1ccc([C@@H]2CCC(=O)C2)cc1Cl. The van der Waals surface area contributed by atoms with Crippen molar-refractivity contribution in [1.29, 1.82) is 5.26 Å². The van der Waals surface area contributed by atoms with Crippen LogP contribution in [0.5, 0.6) is 0 Å². The Labute approximate surface area is 93.5 Å². The Hall–Kier alpha value is -1.33. The van der Waals surface area contributed by atoms with Crippen LogP contribution in [0.15, 0.2) is 18.2 Å². The number of hydrogen-bond acceptors (Lipinski definition) is 2. The first kappa shape index (κ1) is 10.2. The van der Waals surface area contributed by atoms with Crippen molar-refractivity contribution >= 4 is 17.4 Å². The van der Waals surface area contributed by atoms with Crippen molar-refractivity contribution in [2.24, 2.45) is 0 Å². The van der Waals surface area contributed by atoms with E-state index < -0.39 is 0 Å². The minimum atomic E-state index is 0.294. The molecule has 2 nitrogen and oxygen atoms in total. The standard InChI is InChI=1S/C12H10ClNO/c13-12-6-9(1-2-10(12)7-14)8-3-4-11(15)5-8/h1-2,6,8H,3-5H2/t8-/m1/s1. The Kier molecular flexibility index (Phi) is 2.75. The van der Waals surface area contributed by atoms with Crippen LogP contribution in [-0.2, 0) is 4.79 Å². The molecule has 76 valence electrons. The van der Waals surface area contributed by atoms with Crippen LogP contribution in [-0.4, -0.2) is 5.78 Å². The Morgan fingerprint density at radius 1 is 1.47 bits per heavy atom. The average Bonchev–Trinajstić information content (AvgIpc) is 2.65. The summed E-state index contributed by atoms with van der Waals surface area (Å²) in [5.41, 5.74) is 1.56. The summed E-state index contributed by atoms with van der Waals surface area (Å²) in [6, 6.07) is 7.45. The van der Waals surface area contributed by atoms with Gasteiger partial charge in [0, 0.05) is 12.8 Å². The summed E-state index contributed by atoms with van der Waals surface area (Å²) in [6.45, 7) is 0. The van der Waals surface area contributed by atoms with Crippen LogP contribution in [0, 0.1) is 11.3 Å². The second-order valence-electron chi connectivity index (χ2n) is 3.83. The van der Waals surface area contributed by atoms with Crippen LogP contribution < -0.4 is 0 Å². The predicted octanol–water partition coefficient (Wildman–Crippen LogP) is 3.05. The molecule has 0 unspecified atom stereocenters. The van der Waals surface area contributed by atoms with E-state index in [1.54, 1.807) is 6.07 Å². The first-order valence-corrected chi connectivity index (χ1v) is 5.29. The molecular weight excluding hydrogens is 210 g/mol. The molecule has 0 bridgehead atoms. The molecule has 0 radical (unpaired) electrons. The summed E-state index contributed by atoms with van der Waals surface area (Å²) in [7, 11) is 0. The van der Waals surface area contributed by atoms with Crippen LogP contribution >= 0.6 is 11.6 Å². The minimum Gasteiger partial charge on any atom is -0.300 e. The van der Waals surface area contributed by atoms with E-state index in [1.165, 1.54) is 0 Å². The highest BCUT2D eigenvalue weighted by Crippen LogP contribution is 2.33. The van der Waals surface area contributed by atoms with Gasteiger partial charge in [0.2, 0.25) is 0 Å². The molecular formula is C12H10ClNO.